The fourth-order valence-electron chi connectivity index (χ4n) is 2.67. The number of nitrogens with zero attached hydrogens (tertiary/aromatic N) is 5. The molecule has 21 heavy (non-hydrogen) atoms. The zero-order valence-electron chi connectivity index (χ0n) is 12.6. The first kappa shape index (κ1) is 13.6. The van der Waals surface area contributed by atoms with Gasteiger partial charge >= 0.3 is 0 Å². The lowest BCUT2D eigenvalue weighted by Crippen LogP contribution is -2.07. The second-order valence-corrected chi connectivity index (χ2v) is 5.51. The Labute approximate surface area is 123 Å². The third kappa shape index (κ3) is 2.26. The van der Waals surface area contributed by atoms with Crippen LogP contribution in [0, 0.1) is 0 Å². The van der Waals surface area contributed by atoms with E-state index in [1.165, 1.54) is 11.9 Å². The van der Waals surface area contributed by atoms with Gasteiger partial charge in [0.1, 0.15) is 11.8 Å². The van der Waals surface area contributed by atoms with Gasteiger partial charge in [-0.1, -0.05) is 6.92 Å². The molecule has 0 aliphatic rings. The first-order valence-corrected chi connectivity index (χ1v) is 7.24. The van der Waals surface area contributed by atoms with E-state index in [0.29, 0.717) is 11.9 Å². The number of nitrogen functional groups attached to an aromatic ring is 1. The molecule has 0 bridgehead atoms. The molecule has 0 aliphatic carbocycles. The minimum Gasteiger partial charge on any atom is -0.382 e. The first-order chi connectivity index (χ1) is 10.1. The molecule has 0 aromatic carbocycles. The van der Waals surface area contributed by atoms with Crippen LogP contribution in [0.5, 0.6) is 0 Å². The lowest BCUT2D eigenvalue weighted by molar-refractivity contribution is 0.531. The summed E-state index contributed by atoms with van der Waals surface area (Å²) in [6.45, 7) is 6.41. The molecule has 0 aliphatic heterocycles. The van der Waals surface area contributed by atoms with Crippen LogP contribution in [0.4, 0.5) is 5.82 Å². The molecule has 6 nitrogen and oxygen atoms in total. The van der Waals surface area contributed by atoms with E-state index < -0.39 is 0 Å². The van der Waals surface area contributed by atoms with Gasteiger partial charge in [0.25, 0.3) is 0 Å². The lowest BCUT2D eigenvalue weighted by atomic mass is 9.96. The highest BCUT2D eigenvalue weighted by Gasteiger charge is 2.19. The third-order valence-electron chi connectivity index (χ3n) is 3.83. The number of anilines is 1. The van der Waals surface area contributed by atoms with E-state index in [2.05, 4.69) is 48.2 Å². The van der Waals surface area contributed by atoms with Crippen molar-refractivity contribution >= 4 is 11.3 Å². The molecule has 0 fully saturated rings. The smallest absolute Gasteiger partial charge is 0.151 e. The van der Waals surface area contributed by atoms with Gasteiger partial charge in [-0.15, -0.1) is 0 Å². The van der Waals surface area contributed by atoms with Crippen molar-refractivity contribution in [2.45, 2.75) is 39.2 Å². The van der Waals surface area contributed by atoms with Crippen LogP contribution in [0.25, 0.3) is 5.52 Å². The molecule has 1 atom stereocenters. The summed E-state index contributed by atoms with van der Waals surface area (Å²) in [4.78, 5) is 4.04. The Bertz CT molecular complexity index is 754. The summed E-state index contributed by atoms with van der Waals surface area (Å²) in [5, 5.41) is 8.78. The fraction of sp³-hybridized carbons (Fsp3) is 0.400. The van der Waals surface area contributed by atoms with Crippen LogP contribution in [0.3, 0.4) is 0 Å². The third-order valence-corrected chi connectivity index (χ3v) is 3.83. The van der Waals surface area contributed by atoms with E-state index in [1.807, 2.05) is 21.5 Å². The van der Waals surface area contributed by atoms with Crippen molar-refractivity contribution < 1.29 is 0 Å². The molecule has 2 N–H and O–H groups in total. The molecular formula is C15H20N6. The monoisotopic (exact) mass is 284 g/mol. The van der Waals surface area contributed by atoms with Gasteiger partial charge in [0.15, 0.2) is 5.82 Å². The van der Waals surface area contributed by atoms with Crippen LogP contribution in [0.15, 0.2) is 30.9 Å². The van der Waals surface area contributed by atoms with Crippen molar-refractivity contribution in [2.75, 3.05) is 5.73 Å². The van der Waals surface area contributed by atoms with Gasteiger partial charge in [-0.3, -0.25) is 4.68 Å². The Morgan fingerprint density at radius 3 is 2.71 bits per heavy atom. The summed E-state index contributed by atoms with van der Waals surface area (Å²) >= 11 is 0. The fourth-order valence-corrected chi connectivity index (χ4v) is 2.67. The minimum absolute atomic E-state index is 0.245. The second-order valence-electron chi connectivity index (χ2n) is 5.51. The van der Waals surface area contributed by atoms with Gasteiger partial charge in [0.05, 0.1) is 11.9 Å². The number of hydrogen-bond donors (Lipinski definition) is 1. The molecule has 0 spiro atoms. The standard InChI is InChI=1S/C15H20N6/c1-4-12(11-7-18-20(8-11)10(2)3)13-5-6-14-15(16)17-9-19-21(13)14/h5-10,12H,4H2,1-3H3,(H2,16,17,19). The molecule has 0 radical (unpaired) electrons. The molecule has 6 heteroatoms. The molecule has 0 saturated heterocycles. The molecule has 0 amide bonds. The van der Waals surface area contributed by atoms with Crippen molar-refractivity contribution in [2.24, 2.45) is 0 Å². The maximum atomic E-state index is 5.91. The van der Waals surface area contributed by atoms with Crippen LogP contribution in [-0.2, 0) is 0 Å². The van der Waals surface area contributed by atoms with Gasteiger partial charge in [0, 0.05) is 18.2 Å². The number of fused-ring (bicyclic) bond motifs is 1. The van der Waals surface area contributed by atoms with Crippen LogP contribution in [-0.4, -0.2) is 24.4 Å². The number of rotatable bonds is 4. The highest BCUT2D eigenvalue weighted by Crippen LogP contribution is 2.29. The van der Waals surface area contributed by atoms with Gasteiger partial charge in [0.2, 0.25) is 0 Å². The van der Waals surface area contributed by atoms with E-state index in [-0.39, 0.29) is 5.92 Å². The van der Waals surface area contributed by atoms with Gasteiger partial charge < -0.3 is 5.73 Å². The van der Waals surface area contributed by atoms with E-state index in [4.69, 9.17) is 5.73 Å². The van der Waals surface area contributed by atoms with Crippen LogP contribution in [0.2, 0.25) is 0 Å². The minimum atomic E-state index is 0.245. The van der Waals surface area contributed by atoms with E-state index in [0.717, 1.165) is 17.6 Å². The zero-order chi connectivity index (χ0) is 15.0. The number of nitrogens with two attached hydrogens (primary N) is 1. The summed E-state index contributed by atoms with van der Waals surface area (Å²) in [6.07, 6.45) is 6.52. The van der Waals surface area contributed by atoms with Gasteiger partial charge in [-0.25, -0.2) is 9.50 Å². The quantitative estimate of drug-likeness (QED) is 0.799. The van der Waals surface area contributed by atoms with Gasteiger partial charge in [-0.05, 0) is 38.0 Å². The zero-order valence-corrected chi connectivity index (χ0v) is 12.6. The van der Waals surface area contributed by atoms with Crippen LogP contribution < -0.4 is 5.73 Å². The van der Waals surface area contributed by atoms with E-state index >= 15 is 0 Å². The molecule has 3 aromatic heterocycles. The largest absolute Gasteiger partial charge is 0.382 e. The summed E-state index contributed by atoms with van der Waals surface area (Å²) in [5.41, 5.74) is 9.07. The van der Waals surface area contributed by atoms with Crippen molar-refractivity contribution in [3.8, 4) is 0 Å². The lowest BCUT2D eigenvalue weighted by Gasteiger charge is -2.13. The van der Waals surface area contributed by atoms with Crippen molar-refractivity contribution in [3.63, 3.8) is 0 Å². The van der Waals surface area contributed by atoms with Crippen LogP contribution in [0.1, 0.15) is 50.4 Å². The van der Waals surface area contributed by atoms with Crippen molar-refractivity contribution in [1.29, 1.82) is 0 Å². The maximum absolute atomic E-state index is 5.91. The Morgan fingerprint density at radius 2 is 2.05 bits per heavy atom. The topological polar surface area (TPSA) is 74.0 Å². The predicted molar refractivity (Wildman–Crippen MR) is 82.1 cm³/mol. The van der Waals surface area contributed by atoms with E-state index in [9.17, 15) is 0 Å². The van der Waals surface area contributed by atoms with Crippen molar-refractivity contribution in [1.82, 2.24) is 24.4 Å². The molecule has 3 aromatic rings. The Kier molecular flexibility index (Phi) is 3.37. The molecule has 3 rings (SSSR count). The molecule has 1 unspecified atom stereocenters. The average molecular weight is 284 g/mol. The summed E-state index contributed by atoms with van der Waals surface area (Å²) in [5.74, 6) is 0.748. The predicted octanol–water partition coefficient (Wildman–Crippen LogP) is 2.63. The normalized spacial score (nSPS) is 13.1. The Balaban J connectivity index is 2.07. The van der Waals surface area contributed by atoms with Crippen molar-refractivity contribution in [3.05, 3.63) is 42.1 Å². The number of hydrogen-bond acceptors (Lipinski definition) is 4. The average Bonchev–Trinajstić information content (AvgIpc) is 3.09. The number of aromatic nitrogens is 5. The highest BCUT2D eigenvalue weighted by molar-refractivity contribution is 5.65. The Hall–Kier alpha value is -2.37. The second kappa shape index (κ2) is 5.20. The summed E-state index contributed by atoms with van der Waals surface area (Å²) in [7, 11) is 0. The summed E-state index contributed by atoms with van der Waals surface area (Å²) < 4.78 is 3.86. The highest BCUT2D eigenvalue weighted by atomic mass is 15.3. The van der Waals surface area contributed by atoms with Crippen LogP contribution >= 0.6 is 0 Å². The Morgan fingerprint density at radius 1 is 1.24 bits per heavy atom. The molecule has 0 saturated carbocycles. The molecule has 3 heterocycles. The van der Waals surface area contributed by atoms with Gasteiger partial charge in [-0.2, -0.15) is 10.2 Å². The first-order valence-electron chi connectivity index (χ1n) is 7.24. The van der Waals surface area contributed by atoms with E-state index in [1.54, 1.807) is 0 Å². The molecule has 110 valence electrons. The SMILES string of the molecule is CCC(c1cnn(C(C)C)c1)c1ccc2c(N)ncnn12. The molecular weight excluding hydrogens is 264 g/mol. The summed E-state index contributed by atoms with van der Waals surface area (Å²) in [6, 6.07) is 4.40. The maximum Gasteiger partial charge on any atom is 0.151 e.